The van der Waals surface area contributed by atoms with Crippen LogP contribution in [0, 0.1) is 5.92 Å². The summed E-state index contributed by atoms with van der Waals surface area (Å²) >= 11 is 0. The van der Waals surface area contributed by atoms with E-state index in [2.05, 4.69) is 4.99 Å². The van der Waals surface area contributed by atoms with Gasteiger partial charge in [-0.1, -0.05) is 0 Å². The minimum absolute atomic E-state index is 0.0292. The first-order valence-corrected chi connectivity index (χ1v) is 5.76. The number of ketones is 1. The Kier molecular flexibility index (Phi) is 3.21. The number of nitrogens with zero attached hydrogens (tertiary/aromatic N) is 1. The average molecular weight is 223 g/mol. The molecule has 0 aromatic carbocycles. The maximum atomic E-state index is 12.1. The molecule has 16 heavy (non-hydrogen) atoms. The summed E-state index contributed by atoms with van der Waals surface area (Å²) in [6.45, 7) is 1.74. The zero-order valence-corrected chi connectivity index (χ0v) is 9.44. The van der Waals surface area contributed by atoms with Crippen molar-refractivity contribution < 1.29 is 15.0 Å². The first-order valence-electron chi connectivity index (χ1n) is 5.76. The Labute approximate surface area is 94.7 Å². The summed E-state index contributed by atoms with van der Waals surface area (Å²) in [5, 5.41) is 18.7. The van der Waals surface area contributed by atoms with Gasteiger partial charge in [-0.15, -0.1) is 0 Å². The van der Waals surface area contributed by atoms with Crippen molar-refractivity contribution in [3.63, 3.8) is 0 Å². The number of aliphatic imine (C=N–C) groups is 1. The third-order valence-electron chi connectivity index (χ3n) is 3.38. The van der Waals surface area contributed by atoms with Crippen LogP contribution in [0.3, 0.4) is 0 Å². The molecule has 1 fully saturated rings. The molecule has 0 saturated heterocycles. The molecule has 0 spiro atoms. The van der Waals surface area contributed by atoms with Gasteiger partial charge in [0.25, 0.3) is 0 Å². The summed E-state index contributed by atoms with van der Waals surface area (Å²) in [5.41, 5.74) is 1.92. The predicted octanol–water partition coefficient (Wildman–Crippen LogP) is 0.827. The lowest BCUT2D eigenvalue weighted by molar-refractivity contribution is -0.118. The largest absolute Gasteiger partial charge is 0.396 e. The van der Waals surface area contributed by atoms with E-state index in [-0.39, 0.29) is 18.3 Å². The van der Waals surface area contributed by atoms with Gasteiger partial charge in [0.2, 0.25) is 0 Å². The second-order valence-electron chi connectivity index (χ2n) is 4.44. The molecule has 0 bridgehead atoms. The number of carbonyl (C=O) groups excluding carboxylic acids is 1. The van der Waals surface area contributed by atoms with Gasteiger partial charge >= 0.3 is 0 Å². The fraction of sp³-hybridized carbons (Fsp3) is 0.667. The quantitative estimate of drug-likeness (QED) is 0.728. The fourth-order valence-corrected chi connectivity index (χ4v) is 2.53. The minimum Gasteiger partial charge on any atom is -0.396 e. The van der Waals surface area contributed by atoms with E-state index < -0.39 is 6.10 Å². The first-order chi connectivity index (χ1) is 7.65. The molecular formula is C12H17NO3. The lowest BCUT2D eigenvalue weighted by Crippen LogP contribution is -2.40. The van der Waals surface area contributed by atoms with Crippen molar-refractivity contribution in [2.24, 2.45) is 10.9 Å². The van der Waals surface area contributed by atoms with E-state index in [0.717, 1.165) is 12.8 Å². The van der Waals surface area contributed by atoms with Crippen LogP contribution in [0.2, 0.25) is 0 Å². The smallest absolute Gasteiger partial charge is 0.169 e. The molecule has 4 nitrogen and oxygen atoms in total. The van der Waals surface area contributed by atoms with Crippen LogP contribution in [-0.2, 0) is 4.79 Å². The topological polar surface area (TPSA) is 69.9 Å². The second-order valence-corrected chi connectivity index (χ2v) is 4.44. The number of carbonyl (C=O) groups is 1. The number of Topliss-reactive ketones (excluding diaryl/α,β-unsaturated/α-hetero) is 1. The fourth-order valence-electron chi connectivity index (χ4n) is 2.53. The standard InChI is InChI=1S/C12H17NO3/c1-7-8(5-6-14)12(16)9-3-2-4-10(15)11(9)13-7/h9-10,14-15H,2-6H2,1H3. The number of allylic oxidation sites excluding steroid dienone is 1. The summed E-state index contributed by atoms with van der Waals surface area (Å²) in [6.07, 6.45) is 2.14. The molecule has 2 aliphatic rings. The zero-order valence-electron chi connectivity index (χ0n) is 9.44. The van der Waals surface area contributed by atoms with Crippen molar-refractivity contribution >= 4 is 11.5 Å². The monoisotopic (exact) mass is 223 g/mol. The molecule has 2 atom stereocenters. The van der Waals surface area contributed by atoms with E-state index in [1.54, 1.807) is 6.92 Å². The Bertz CT molecular complexity index is 370. The molecule has 88 valence electrons. The van der Waals surface area contributed by atoms with Gasteiger partial charge in [0.05, 0.1) is 17.7 Å². The lowest BCUT2D eigenvalue weighted by Gasteiger charge is -2.31. The SMILES string of the molecule is CC1=C(CCO)C(=O)C2CCCC(O)C2=N1. The van der Waals surface area contributed by atoms with Crippen molar-refractivity contribution in [1.29, 1.82) is 0 Å². The second kappa shape index (κ2) is 4.47. The normalized spacial score (nSPS) is 30.2. The molecule has 4 heteroatoms. The third-order valence-corrected chi connectivity index (χ3v) is 3.38. The Balaban J connectivity index is 2.35. The molecule has 2 rings (SSSR count). The number of hydrogen-bond donors (Lipinski definition) is 2. The highest BCUT2D eigenvalue weighted by molar-refractivity contribution is 6.16. The first kappa shape index (κ1) is 11.5. The van der Waals surface area contributed by atoms with E-state index in [9.17, 15) is 9.90 Å². The Morgan fingerprint density at radius 3 is 2.88 bits per heavy atom. The maximum Gasteiger partial charge on any atom is 0.169 e. The zero-order chi connectivity index (χ0) is 11.7. The van der Waals surface area contributed by atoms with Crippen molar-refractivity contribution in [2.75, 3.05) is 6.61 Å². The number of aliphatic hydroxyl groups excluding tert-OH is 2. The van der Waals surface area contributed by atoms with Crippen molar-refractivity contribution in [2.45, 2.75) is 38.7 Å². The summed E-state index contributed by atoms with van der Waals surface area (Å²) in [4.78, 5) is 16.5. The van der Waals surface area contributed by atoms with Crippen molar-refractivity contribution in [3.05, 3.63) is 11.3 Å². The summed E-state index contributed by atoms with van der Waals surface area (Å²) in [5.74, 6) is -0.190. The van der Waals surface area contributed by atoms with Gasteiger partial charge in [0, 0.05) is 24.3 Å². The van der Waals surface area contributed by atoms with Crippen LogP contribution >= 0.6 is 0 Å². The van der Waals surface area contributed by atoms with Gasteiger partial charge in [-0.05, 0) is 26.2 Å². The summed E-state index contributed by atoms with van der Waals surface area (Å²) in [7, 11) is 0. The Morgan fingerprint density at radius 2 is 2.19 bits per heavy atom. The molecule has 1 aliphatic heterocycles. The van der Waals surface area contributed by atoms with Crippen LogP contribution < -0.4 is 0 Å². The number of rotatable bonds is 2. The van der Waals surface area contributed by atoms with Crippen LogP contribution in [0.5, 0.6) is 0 Å². The van der Waals surface area contributed by atoms with E-state index in [1.165, 1.54) is 0 Å². The van der Waals surface area contributed by atoms with Crippen LogP contribution in [0.4, 0.5) is 0 Å². The lowest BCUT2D eigenvalue weighted by atomic mass is 9.78. The molecule has 0 aromatic rings. The molecule has 1 aliphatic carbocycles. The van der Waals surface area contributed by atoms with Gasteiger partial charge in [-0.25, -0.2) is 0 Å². The molecule has 0 amide bonds. The highest BCUT2D eigenvalue weighted by Crippen LogP contribution is 2.31. The highest BCUT2D eigenvalue weighted by Gasteiger charge is 2.37. The van der Waals surface area contributed by atoms with E-state index >= 15 is 0 Å². The van der Waals surface area contributed by atoms with Crippen LogP contribution in [0.1, 0.15) is 32.6 Å². The van der Waals surface area contributed by atoms with Gasteiger partial charge in [-0.2, -0.15) is 0 Å². The maximum absolute atomic E-state index is 12.1. The molecule has 2 unspecified atom stereocenters. The van der Waals surface area contributed by atoms with Gasteiger partial charge in [-0.3, -0.25) is 9.79 Å². The van der Waals surface area contributed by atoms with E-state index in [1.807, 2.05) is 0 Å². The molecule has 1 saturated carbocycles. The van der Waals surface area contributed by atoms with E-state index in [4.69, 9.17) is 5.11 Å². The minimum atomic E-state index is -0.562. The predicted molar refractivity (Wildman–Crippen MR) is 60.2 cm³/mol. The average Bonchev–Trinajstić information content (AvgIpc) is 2.26. The molecular weight excluding hydrogens is 206 g/mol. The van der Waals surface area contributed by atoms with Crippen molar-refractivity contribution in [3.8, 4) is 0 Å². The van der Waals surface area contributed by atoms with Crippen LogP contribution in [0.15, 0.2) is 16.3 Å². The van der Waals surface area contributed by atoms with Crippen LogP contribution in [-0.4, -0.2) is 34.4 Å². The van der Waals surface area contributed by atoms with Crippen molar-refractivity contribution in [1.82, 2.24) is 0 Å². The highest BCUT2D eigenvalue weighted by atomic mass is 16.3. The Morgan fingerprint density at radius 1 is 1.44 bits per heavy atom. The summed E-state index contributed by atoms with van der Waals surface area (Å²) in [6, 6.07) is 0. The van der Waals surface area contributed by atoms with Crippen LogP contribution in [0.25, 0.3) is 0 Å². The molecule has 1 heterocycles. The molecule has 0 aromatic heterocycles. The van der Waals surface area contributed by atoms with Gasteiger partial charge in [0.15, 0.2) is 5.78 Å². The number of fused-ring (bicyclic) bond motifs is 1. The van der Waals surface area contributed by atoms with Gasteiger partial charge in [0.1, 0.15) is 0 Å². The summed E-state index contributed by atoms with van der Waals surface area (Å²) < 4.78 is 0. The molecule has 2 N–H and O–H groups in total. The number of hydrogen-bond acceptors (Lipinski definition) is 4. The van der Waals surface area contributed by atoms with Gasteiger partial charge < -0.3 is 10.2 Å². The van der Waals surface area contributed by atoms with E-state index in [0.29, 0.717) is 29.8 Å². The number of aliphatic hydroxyl groups is 2. The Hall–Kier alpha value is -1.00. The third kappa shape index (κ3) is 1.83. The molecule has 0 radical (unpaired) electrons.